The summed E-state index contributed by atoms with van der Waals surface area (Å²) in [5.41, 5.74) is 7.39. The van der Waals surface area contributed by atoms with Crippen molar-refractivity contribution in [2.45, 2.75) is 44.6 Å². The number of aromatic nitrogens is 2. The minimum absolute atomic E-state index is 0.0176. The summed E-state index contributed by atoms with van der Waals surface area (Å²) >= 11 is 0. The molecule has 1 aliphatic heterocycles. The summed E-state index contributed by atoms with van der Waals surface area (Å²) in [5.74, 6) is 2.27. The van der Waals surface area contributed by atoms with Crippen LogP contribution in [0.25, 0.3) is 5.52 Å². The molecule has 3 aliphatic rings. The van der Waals surface area contributed by atoms with Crippen molar-refractivity contribution in [2.75, 3.05) is 13.1 Å². The van der Waals surface area contributed by atoms with Crippen molar-refractivity contribution in [3.05, 3.63) is 35.9 Å². The van der Waals surface area contributed by atoms with Crippen LogP contribution in [0.15, 0.2) is 24.4 Å². The topological polar surface area (TPSA) is 99.5 Å². The van der Waals surface area contributed by atoms with E-state index in [0.29, 0.717) is 19.0 Å². The Balaban J connectivity index is 1.38. The van der Waals surface area contributed by atoms with Crippen LogP contribution in [0, 0.1) is 23.2 Å². The van der Waals surface area contributed by atoms with Gasteiger partial charge in [-0.05, 0) is 57.1 Å². The molecular formula is C21H28N6O. The molecule has 4 N–H and O–H groups in total. The van der Waals surface area contributed by atoms with Crippen molar-refractivity contribution in [3.8, 4) is 0 Å². The molecule has 7 heteroatoms. The fraction of sp³-hybridized carbons (Fsp3) is 0.571. The van der Waals surface area contributed by atoms with Gasteiger partial charge in [0.2, 0.25) is 5.91 Å². The number of hydrogen-bond acceptors (Lipinski definition) is 3. The fourth-order valence-electron chi connectivity index (χ4n) is 5.12. The standard InChI is InChI=1S/C21H28N6O/c1-21(2,19-24-17(12-6-7-12)15-5-3-4-8-27(15)19)25-18(28)16-13-9-14(16)11-26(10-13)20(22)23/h3-5,8,12-14,16H,6-7,9-11H2,1-2H3,(H3,22,23)(H,25,28)/t13-,14+,16-. The van der Waals surface area contributed by atoms with Crippen molar-refractivity contribution in [2.24, 2.45) is 23.5 Å². The summed E-state index contributed by atoms with van der Waals surface area (Å²) in [5, 5.41) is 10.9. The van der Waals surface area contributed by atoms with Crippen molar-refractivity contribution in [3.63, 3.8) is 0 Å². The van der Waals surface area contributed by atoms with E-state index in [1.54, 1.807) is 0 Å². The number of carbonyl (C=O) groups excluding carboxylic acids is 1. The summed E-state index contributed by atoms with van der Waals surface area (Å²) in [4.78, 5) is 20.0. The van der Waals surface area contributed by atoms with Crippen LogP contribution in [0.1, 0.15) is 50.5 Å². The van der Waals surface area contributed by atoms with E-state index in [2.05, 4.69) is 21.9 Å². The zero-order valence-corrected chi connectivity index (χ0v) is 16.5. The summed E-state index contributed by atoms with van der Waals surface area (Å²) in [7, 11) is 0. The third-order valence-corrected chi connectivity index (χ3v) is 6.71. The van der Waals surface area contributed by atoms with Gasteiger partial charge in [-0.15, -0.1) is 0 Å². The number of nitrogens with one attached hydrogen (secondary N) is 2. The Morgan fingerprint density at radius 2 is 2.00 bits per heavy atom. The Bertz CT molecular complexity index is 947. The highest BCUT2D eigenvalue weighted by atomic mass is 16.2. The van der Waals surface area contributed by atoms with Gasteiger partial charge in [-0.25, -0.2) is 4.98 Å². The minimum atomic E-state index is -0.557. The molecule has 5 rings (SSSR count). The zero-order valence-electron chi connectivity index (χ0n) is 16.5. The molecule has 0 spiro atoms. The van der Waals surface area contributed by atoms with Crippen molar-refractivity contribution in [1.29, 1.82) is 5.41 Å². The van der Waals surface area contributed by atoms with Crippen LogP contribution in [-0.4, -0.2) is 39.2 Å². The van der Waals surface area contributed by atoms with E-state index in [0.717, 1.165) is 23.5 Å². The van der Waals surface area contributed by atoms with Crippen LogP contribution in [0.4, 0.5) is 0 Å². The van der Waals surface area contributed by atoms with E-state index in [9.17, 15) is 4.79 Å². The maximum Gasteiger partial charge on any atom is 0.224 e. The predicted octanol–water partition coefficient (Wildman–Crippen LogP) is 2.02. The van der Waals surface area contributed by atoms with Gasteiger partial charge in [0.25, 0.3) is 0 Å². The molecule has 3 heterocycles. The molecular weight excluding hydrogens is 352 g/mol. The number of carbonyl (C=O) groups is 1. The number of nitrogens with zero attached hydrogens (tertiary/aromatic N) is 3. The van der Waals surface area contributed by atoms with E-state index in [1.165, 1.54) is 12.8 Å². The molecule has 2 aromatic heterocycles. The van der Waals surface area contributed by atoms with Gasteiger partial charge in [0.15, 0.2) is 5.96 Å². The average molecular weight is 380 g/mol. The Labute approximate surface area is 164 Å². The van der Waals surface area contributed by atoms with Gasteiger partial charge < -0.3 is 20.4 Å². The Kier molecular flexibility index (Phi) is 3.73. The van der Waals surface area contributed by atoms with Gasteiger partial charge in [-0.2, -0.15) is 0 Å². The Morgan fingerprint density at radius 1 is 1.29 bits per heavy atom. The van der Waals surface area contributed by atoms with E-state index >= 15 is 0 Å². The molecule has 2 bridgehead atoms. The normalized spacial score (nSPS) is 26.8. The van der Waals surface area contributed by atoms with Gasteiger partial charge in [0.1, 0.15) is 5.82 Å². The number of piperidine rings is 2. The van der Waals surface area contributed by atoms with Gasteiger partial charge in [0.05, 0.1) is 16.7 Å². The van der Waals surface area contributed by atoms with Crippen molar-refractivity contribution < 1.29 is 4.79 Å². The Hall–Kier alpha value is -2.57. The first-order valence-corrected chi connectivity index (χ1v) is 10.2. The second-order valence-electron chi connectivity index (χ2n) is 9.24. The van der Waals surface area contributed by atoms with Crippen LogP contribution in [0.2, 0.25) is 0 Å². The van der Waals surface area contributed by atoms with Crippen molar-refractivity contribution >= 4 is 17.4 Å². The van der Waals surface area contributed by atoms with Crippen LogP contribution < -0.4 is 11.1 Å². The minimum Gasteiger partial charge on any atom is -0.370 e. The van der Waals surface area contributed by atoms with E-state index in [-0.39, 0.29) is 29.6 Å². The lowest BCUT2D eigenvalue weighted by Gasteiger charge is -2.53. The lowest BCUT2D eigenvalue weighted by Crippen LogP contribution is -2.62. The monoisotopic (exact) mass is 380 g/mol. The molecule has 1 amide bonds. The van der Waals surface area contributed by atoms with Gasteiger partial charge in [0, 0.05) is 31.1 Å². The molecule has 3 atom stereocenters. The molecule has 2 saturated carbocycles. The number of rotatable bonds is 4. The van der Waals surface area contributed by atoms with Gasteiger partial charge in [-0.3, -0.25) is 10.2 Å². The number of guanidine groups is 1. The lowest BCUT2D eigenvalue weighted by molar-refractivity contribution is -0.141. The maximum absolute atomic E-state index is 13.1. The molecule has 2 aliphatic carbocycles. The molecule has 7 nitrogen and oxygen atoms in total. The second kappa shape index (κ2) is 5.96. The summed E-state index contributed by atoms with van der Waals surface area (Å²) in [6, 6.07) is 6.18. The summed E-state index contributed by atoms with van der Waals surface area (Å²) < 4.78 is 2.13. The maximum atomic E-state index is 13.1. The largest absolute Gasteiger partial charge is 0.370 e. The SMILES string of the molecule is CC(C)(NC(=O)[C@@H]1[C@@H]2C[C@H]1CN(C(=N)N)C2)c1nc(C2CC2)c2ccccn12. The first kappa shape index (κ1) is 17.5. The third-order valence-electron chi connectivity index (χ3n) is 6.71. The van der Waals surface area contributed by atoms with Crippen molar-refractivity contribution in [1.82, 2.24) is 19.6 Å². The first-order chi connectivity index (χ1) is 13.3. The molecule has 28 heavy (non-hydrogen) atoms. The highest BCUT2D eigenvalue weighted by molar-refractivity contribution is 5.82. The average Bonchev–Trinajstić information content (AvgIpc) is 3.40. The predicted molar refractivity (Wildman–Crippen MR) is 107 cm³/mol. The molecule has 148 valence electrons. The quantitative estimate of drug-likeness (QED) is 0.558. The molecule has 2 aromatic rings. The molecule has 0 unspecified atom stereocenters. The first-order valence-electron chi connectivity index (χ1n) is 10.2. The number of amides is 1. The van der Waals surface area contributed by atoms with Crippen LogP contribution in [-0.2, 0) is 10.3 Å². The second-order valence-corrected chi connectivity index (χ2v) is 9.24. The number of pyridine rings is 1. The van der Waals surface area contributed by atoms with Crippen LogP contribution in [0.5, 0.6) is 0 Å². The Morgan fingerprint density at radius 3 is 2.64 bits per heavy atom. The molecule has 0 aromatic carbocycles. The lowest BCUT2D eigenvalue weighted by atomic mass is 9.61. The zero-order chi connectivity index (χ0) is 19.6. The fourth-order valence-corrected chi connectivity index (χ4v) is 5.12. The smallest absolute Gasteiger partial charge is 0.224 e. The summed E-state index contributed by atoms with van der Waals surface area (Å²) in [6.07, 6.45) is 5.50. The molecule has 0 radical (unpaired) electrons. The highest BCUT2D eigenvalue weighted by Gasteiger charge is 2.51. The summed E-state index contributed by atoms with van der Waals surface area (Å²) in [6.45, 7) is 5.50. The molecule has 1 saturated heterocycles. The number of likely N-dealkylation sites (tertiary alicyclic amines) is 1. The van der Waals surface area contributed by atoms with Gasteiger partial charge in [-0.1, -0.05) is 6.07 Å². The molecule has 3 fully saturated rings. The number of nitrogens with two attached hydrogens (primary N) is 1. The van der Waals surface area contributed by atoms with Crippen LogP contribution >= 0.6 is 0 Å². The third kappa shape index (κ3) is 2.67. The van der Waals surface area contributed by atoms with E-state index in [4.69, 9.17) is 16.1 Å². The van der Waals surface area contributed by atoms with E-state index in [1.807, 2.05) is 31.0 Å². The van der Waals surface area contributed by atoms with Crippen LogP contribution in [0.3, 0.4) is 0 Å². The highest BCUT2D eigenvalue weighted by Crippen LogP contribution is 2.46. The number of hydrogen-bond donors (Lipinski definition) is 3. The number of fused-ring (bicyclic) bond motifs is 3. The van der Waals surface area contributed by atoms with Gasteiger partial charge >= 0.3 is 0 Å². The van der Waals surface area contributed by atoms with E-state index < -0.39 is 5.54 Å². The number of imidazole rings is 1.